The second-order valence-corrected chi connectivity index (χ2v) is 22.2. The maximum Gasteiger partial charge on any atom is 0.220 e. The summed E-state index contributed by atoms with van der Waals surface area (Å²) >= 11 is 0. The van der Waals surface area contributed by atoms with Crippen LogP contribution in [-0.4, -0.2) is 140 Å². The second-order valence-electron chi connectivity index (χ2n) is 22.2. The molecule has 2 rings (SSSR count). The first kappa shape index (κ1) is 71.8. The van der Waals surface area contributed by atoms with Gasteiger partial charge >= 0.3 is 0 Å². The third-order valence-corrected chi connectivity index (χ3v) is 15.2. The lowest BCUT2D eigenvalue weighted by atomic mass is 9.97. The number of rotatable bonds is 50. The quantitative estimate of drug-likeness (QED) is 0.0204. The summed E-state index contributed by atoms with van der Waals surface area (Å²) in [6.07, 6.45) is 47.1. The Labute approximate surface area is 473 Å². The number of aliphatic hydroxyl groups is 8. The van der Waals surface area contributed by atoms with Gasteiger partial charge in [-0.25, -0.2) is 0 Å². The Hall–Kier alpha value is -2.31. The van der Waals surface area contributed by atoms with E-state index in [2.05, 4.69) is 67.8 Å². The van der Waals surface area contributed by atoms with E-state index < -0.39 is 86.8 Å². The Morgan fingerprint density at radius 1 is 0.462 bits per heavy atom. The summed E-state index contributed by atoms with van der Waals surface area (Å²) in [5.74, 6) is -0.253. The molecule has 14 nitrogen and oxygen atoms in total. The number of hydrogen-bond acceptors (Lipinski definition) is 13. The fourth-order valence-corrected chi connectivity index (χ4v) is 10.1. The second kappa shape index (κ2) is 49.3. The number of amides is 1. The van der Waals surface area contributed by atoms with Gasteiger partial charge in [-0.15, -0.1) is 0 Å². The third-order valence-electron chi connectivity index (χ3n) is 15.2. The van der Waals surface area contributed by atoms with E-state index in [1.165, 1.54) is 161 Å². The Balaban J connectivity index is 1.66. The normalized spacial score (nSPS) is 24.9. The number of allylic oxidation sites excluding steroid dienone is 9. The number of nitrogens with one attached hydrogen (secondary N) is 1. The van der Waals surface area contributed by atoms with Gasteiger partial charge in [0.15, 0.2) is 12.6 Å². The molecule has 2 saturated heterocycles. The Kier molecular flexibility index (Phi) is 45.4. The fourth-order valence-electron chi connectivity index (χ4n) is 10.1. The van der Waals surface area contributed by atoms with Gasteiger partial charge < -0.3 is 65.1 Å². The van der Waals surface area contributed by atoms with Crippen molar-refractivity contribution in [2.24, 2.45) is 0 Å². The van der Waals surface area contributed by atoms with Gasteiger partial charge in [0.05, 0.1) is 32.0 Å². The minimum absolute atomic E-state index is 0.253. The minimum Gasteiger partial charge on any atom is -0.394 e. The van der Waals surface area contributed by atoms with Crippen molar-refractivity contribution in [3.63, 3.8) is 0 Å². The zero-order valence-electron chi connectivity index (χ0n) is 48.9. The summed E-state index contributed by atoms with van der Waals surface area (Å²) in [7, 11) is 0. The van der Waals surface area contributed by atoms with Crippen LogP contribution in [0.1, 0.15) is 245 Å². The average molecular weight is 1110 g/mol. The van der Waals surface area contributed by atoms with Crippen molar-refractivity contribution >= 4 is 5.91 Å². The molecule has 0 aliphatic carbocycles. The van der Waals surface area contributed by atoms with Crippen molar-refractivity contribution < 1.29 is 64.6 Å². The number of ether oxygens (including phenoxy) is 4. The van der Waals surface area contributed by atoms with Crippen molar-refractivity contribution in [1.29, 1.82) is 0 Å². The lowest BCUT2D eigenvalue weighted by molar-refractivity contribution is -0.359. The molecule has 78 heavy (non-hydrogen) atoms. The molecule has 0 saturated carbocycles. The van der Waals surface area contributed by atoms with Crippen LogP contribution in [0.25, 0.3) is 0 Å². The Bertz CT molecular complexity index is 1540. The molecule has 0 aromatic carbocycles. The molecule has 0 bridgehead atoms. The van der Waals surface area contributed by atoms with Gasteiger partial charge in [-0.05, 0) is 77.0 Å². The molecule has 2 aliphatic rings. The fraction of sp³-hybridized carbons (Fsp3) is 0.828. The molecule has 12 unspecified atom stereocenters. The first-order valence-electron chi connectivity index (χ1n) is 31.5. The molecule has 0 radical (unpaired) electrons. The van der Waals surface area contributed by atoms with E-state index in [-0.39, 0.29) is 18.9 Å². The highest BCUT2D eigenvalue weighted by atomic mass is 16.7. The van der Waals surface area contributed by atoms with Gasteiger partial charge in [0.25, 0.3) is 0 Å². The van der Waals surface area contributed by atoms with Crippen LogP contribution in [0.2, 0.25) is 0 Å². The van der Waals surface area contributed by atoms with Crippen LogP contribution in [0.4, 0.5) is 0 Å². The monoisotopic (exact) mass is 1110 g/mol. The van der Waals surface area contributed by atoms with Crippen LogP contribution in [0.15, 0.2) is 60.8 Å². The summed E-state index contributed by atoms with van der Waals surface area (Å²) < 4.78 is 22.7. The predicted molar refractivity (Wildman–Crippen MR) is 314 cm³/mol. The molecular weight excluding hydrogens is 991 g/mol. The molecule has 454 valence electrons. The highest BCUT2D eigenvalue weighted by molar-refractivity contribution is 5.76. The smallest absolute Gasteiger partial charge is 0.220 e. The number of carbonyl (C=O) groups is 1. The van der Waals surface area contributed by atoms with Crippen LogP contribution in [0.5, 0.6) is 0 Å². The molecule has 2 aliphatic heterocycles. The van der Waals surface area contributed by atoms with Gasteiger partial charge in [0.1, 0.15) is 48.8 Å². The molecule has 12 atom stereocenters. The standard InChI is InChI=1S/C64H115NO13/c1-3-5-7-9-11-13-15-17-18-19-20-21-22-23-24-25-26-27-28-29-30-31-32-33-34-36-38-40-42-44-46-48-56(69)65-52(53(68)47-45-43-41-39-37-35-16-14-12-10-8-6-4-2)51-75-63-61(74)59(72)62(55(50-67)77-63)78-64-60(73)58(71)57(70)54(49-66)76-64/h12,14-15,17,19-20,37,39,45,47,52-55,57-64,66-68,70-74H,3-11,13,16,18,21-36,38,40-44,46,48-51H2,1-2H3,(H,65,69)/b14-12+,17-15-,20-19-,39-37+,47-45+. The molecule has 2 heterocycles. The lowest BCUT2D eigenvalue weighted by Gasteiger charge is -2.46. The Morgan fingerprint density at radius 2 is 0.859 bits per heavy atom. The maximum atomic E-state index is 13.3. The van der Waals surface area contributed by atoms with E-state index in [4.69, 9.17) is 18.9 Å². The highest BCUT2D eigenvalue weighted by Gasteiger charge is 2.51. The van der Waals surface area contributed by atoms with Crippen LogP contribution in [-0.2, 0) is 23.7 Å². The van der Waals surface area contributed by atoms with Gasteiger partial charge in [-0.1, -0.05) is 222 Å². The molecule has 0 spiro atoms. The van der Waals surface area contributed by atoms with Crippen LogP contribution < -0.4 is 5.32 Å². The molecule has 0 aromatic rings. The van der Waals surface area contributed by atoms with Crippen LogP contribution >= 0.6 is 0 Å². The molecular formula is C64H115NO13. The van der Waals surface area contributed by atoms with Gasteiger partial charge in [0, 0.05) is 6.42 Å². The molecule has 0 aromatic heterocycles. The topological polar surface area (TPSA) is 228 Å². The molecule has 2 fully saturated rings. The minimum atomic E-state index is -1.79. The first-order valence-corrected chi connectivity index (χ1v) is 31.5. The van der Waals surface area contributed by atoms with Crippen LogP contribution in [0.3, 0.4) is 0 Å². The van der Waals surface area contributed by atoms with E-state index in [0.29, 0.717) is 12.8 Å². The van der Waals surface area contributed by atoms with Gasteiger partial charge in [-0.3, -0.25) is 4.79 Å². The summed E-state index contributed by atoms with van der Waals surface area (Å²) in [6.45, 7) is 2.73. The van der Waals surface area contributed by atoms with E-state index in [0.717, 1.165) is 51.4 Å². The van der Waals surface area contributed by atoms with Crippen LogP contribution in [0, 0.1) is 0 Å². The number of carbonyl (C=O) groups excluding carboxylic acids is 1. The van der Waals surface area contributed by atoms with Gasteiger partial charge in [-0.2, -0.15) is 0 Å². The summed E-state index contributed by atoms with van der Waals surface area (Å²) in [5.41, 5.74) is 0. The van der Waals surface area contributed by atoms with E-state index in [9.17, 15) is 45.6 Å². The maximum absolute atomic E-state index is 13.3. The SMILES string of the molecule is CCCCC/C=C/CC/C=C/CC/C=C/C(O)C(COC1OC(CO)C(OC2OC(CO)C(O)C(O)C2O)C(O)C1O)NC(=O)CCCCCCCCCCCCCCCCCCCCC/C=C\C/C=C\CCCCCCC. The van der Waals surface area contributed by atoms with Crippen molar-refractivity contribution in [1.82, 2.24) is 5.32 Å². The lowest BCUT2D eigenvalue weighted by Crippen LogP contribution is -2.65. The average Bonchev–Trinajstić information content (AvgIpc) is 3.46. The van der Waals surface area contributed by atoms with Crippen molar-refractivity contribution in [3.8, 4) is 0 Å². The molecule has 1 amide bonds. The van der Waals surface area contributed by atoms with Crippen molar-refractivity contribution in [2.45, 2.75) is 319 Å². The number of aliphatic hydroxyl groups excluding tert-OH is 8. The third kappa shape index (κ3) is 34.2. The summed E-state index contributed by atoms with van der Waals surface area (Å²) in [6, 6.07) is -0.938. The highest BCUT2D eigenvalue weighted by Crippen LogP contribution is 2.30. The van der Waals surface area contributed by atoms with E-state index in [1.54, 1.807) is 6.08 Å². The zero-order chi connectivity index (χ0) is 56.7. The number of unbranched alkanes of at least 4 members (excludes halogenated alkanes) is 29. The summed E-state index contributed by atoms with van der Waals surface area (Å²) in [4.78, 5) is 13.3. The van der Waals surface area contributed by atoms with E-state index >= 15 is 0 Å². The largest absolute Gasteiger partial charge is 0.394 e. The van der Waals surface area contributed by atoms with Gasteiger partial charge in [0.2, 0.25) is 5.91 Å². The number of hydrogen-bond donors (Lipinski definition) is 9. The Morgan fingerprint density at radius 3 is 1.36 bits per heavy atom. The summed E-state index contributed by atoms with van der Waals surface area (Å²) in [5, 5.41) is 87.0. The zero-order valence-corrected chi connectivity index (χ0v) is 48.9. The van der Waals surface area contributed by atoms with Crippen molar-refractivity contribution in [3.05, 3.63) is 60.8 Å². The predicted octanol–water partition coefficient (Wildman–Crippen LogP) is 11.3. The molecule has 9 N–H and O–H groups in total. The van der Waals surface area contributed by atoms with E-state index in [1.807, 2.05) is 6.08 Å². The first-order chi connectivity index (χ1) is 38.1. The van der Waals surface area contributed by atoms with Crippen molar-refractivity contribution in [2.75, 3.05) is 19.8 Å². The molecule has 14 heteroatoms.